The molecule has 3 N–H and O–H groups in total. The van der Waals surface area contributed by atoms with E-state index < -0.39 is 0 Å². The molecule has 0 saturated carbocycles. The number of nitrogens with one attached hydrogen (secondary N) is 1. The summed E-state index contributed by atoms with van der Waals surface area (Å²) in [5.41, 5.74) is 8.73. The highest BCUT2D eigenvalue weighted by Gasteiger charge is 2.09. The van der Waals surface area contributed by atoms with Crippen LogP contribution < -0.4 is 10.5 Å². The topological polar surface area (TPSA) is 76.8 Å². The van der Waals surface area contributed by atoms with Gasteiger partial charge in [0.2, 0.25) is 5.88 Å². The number of H-pyrrole nitrogens is 1. The fourth-order valence-corrected chi connectivity index (χ4v) is 1.98. The van der Waals surface area contributed by atoms with Crippen LogP contribution in [-0.2, 0) is 0 Å². The number of nitrogens with zero attached hydrogens (tertiary/aromatic N) is 2. The molecule has 0 bridgehead atoms. The molecule has 96 valence electrons. The molecule has 0 atom stereocenters. The van der Waals surface area contributed by atoms with E-state index in [4.69, 9.17) is 22.1 Å². The highest BCUT2D eigenvalue weighted by atomic mass is 35.5. The van der Waals surface area contributed by atoms with Gasteiger partial charge < -0.3 is 15.5 Å². The van der Waals surface area contributed by atoms with Gasteiger partial charge >= 0.3 is 0 Å². The van der Waals surface area contributed by atoms with Crippen LogP contribution >= 0.6 is 11.6 Å². The van der Waals surface area contributed by atoms with Gasteiger partial charge in [-0.05, 0) is 25.1 Å². The van der Waals surface area contributed by atoms with Gasteiger partial charge in [0, 0.05) is 11.8 Å². The maximum absolute atomic E-state index is 5.96. The lowest BCUT2D eigenvalue weighted by Crippen LogP contribution is -1.92. The number of ether oxygens (including phenoxy) is 1. The number of nitrogens with two attached hydrogens (primary N) is 1. The van der Waals surface area contributed by atoms with Crippen LogP contribution in [-0.4, -0.2) is 15.0 Å². The minimum absolute atomic E-state index is 0.450. The molecule has 0 aliphatic heterocycles. The summed E-state index contributed by atoms with van der Waals surface area (Å²) < 4.78 is 5.72. The van der Waals surface area contributed by atoms with E-state index in [1.807, 2.05) is 13.0 Å². The molecule has 0 unspecified atom stereocenters. The van der Waals surface area contributed by atoms with E-state index in [0.717, 1.165) is 16.7 Å². The van der Waals surface area contributed by atoms with Crippen LogP contribution in [0.4, 0.5) is 5.69 Å². The molecule has 6 heteroatoms. The molecule has 2 aromatic heterocycles. The second-order valence-corrected chi connectivity index (χ2v) is 4.58. The van der Waals surface area contributed by atoms with E-state index in [2.05, 4.69) is 15.0 Å². The number of aromatic amines is 1. The maximum atomic E-state index is 5.96. The Bertz CT molecular complexity index is 753. The maximum Gasteiger partial charge on any atom is 0.247 e. The van der Waals surface area contributed by atoms with E-state index >= 15 is 0 Å². The molecule has 19 heavy (non-hydrogen) atoms. The van der Waals surface area contributed by atoms with Crippen LogP contribution in [0.3, 0.4) is 0 Å². The molecule has 0 amide bonds. The molecule has 0 aliphatic rings. The number of nitrogen functional groups attached to an aromatic ring is 1. The lowest BCUT2D eigenvalue weighted by atomic mass is 10.3. The lowest BCUT2D eigenvalue weighted by molar-refractivity contribution is 0.467. The third kappa shape index (κ3) is 2.20. The van der Waals surface area contributed by atoms with Gasteiger partial charge in [0.15, 0.2) is 0 Å². The molecule has 0 fully saturated rings. The second kappa shape index (κ2) is 4.44. The summed E-state index contributed by atoms with van der Waals surface area (Å²) in [6.07, 6.45) is 1.46. The fourth-order valence-electron chi connectivity index (χ4n) is 1.81. The van der Waals surface area contributed by atoms with Crippen molar-refractivity contribution in [3.05, 3.63) is 41.3 Å². The Kier molecular flexibility index (Phi) is 2.76. The predicted molar refractivity (Wildman–Crippen MR) is 74.6 cm³/mol. The van der Waals surface area contributed by atoms with E-state index in [-0.39, 0.29) is 0 Å². The number of benzene rings is 1. The Labute approximate surface area is 114 Å². The first-order valence-corrected chi connectivity index (χ1v) is 6.04. The minimum Gasteiger partial charge on any atom is -0.437 e. The summed E-state index contributed by atoms with van der Waals surface area (Å²) in [5, 5.41) is 0.450. The highest BCUT2D eigenvalue weighted by Crippen LogP contribution is 2.30. The summed E-state index contributed by atoms with van der Waals surface area (Å²) in [4.78, 5) is 11.5. The van der Waals surface area contributed by atoms with Gasteiger partial charge in [-0.15, -0.1) is 0 Å². The SMILES string of the molecule is Cc1cc2ncnc(Oc3ccc(N)c(Cl)c3)c2[nH]1. The summed E-state index contributed by atoms with van der Waals surface area (Å²) in [5.74, 6) is 1.03. The van der Waals surface area contributed by atoms with Crippen LogP contribution in [0.5, 0.6) is 11.6 Å². The number of halogens is 1. The molecule has 0 saturated heterocycles. The number of aryl methyl sites for hydroxylation is 1. The van der Waals surface area contributed by atoms with Gasteiger partial charge in [-0.25, -0.2) is 4.98 Å². The van der Waals surface area contributed by atoms with Crippen molar-refractivity contribution in [3.8, 4) is 11.6 Å². The van der Waals surface area contributed by atoms with Crippen molar-refractivity contribution < 1.29 is 4.74 Å². The zero-order valence-electron chi connectivity index (χ0n) is 10.1. The van der Waals surface area contributed by atoms with Crippen LogP contribution in [0.15, 0.2) is 30.6 Å². The summed E-state index contributed by atoms with van der Waals surface area (Å²) in [7, 11) is 0. The van der Waals surface area contributed by atoms with Crippen molar-refractivity contribution in [2.75, 3.05) is 5.73 Å². The first kappa shape index (κ1) is 11.8. The standard InChI is InChI=1S/C13H11ClN4O/c1-7-4-11-12(18-7)13(17-6-16-11)19-8-2-3-10(15)9(14)5-8/h2-6,18H,15H2,1H3. The highest BCUT2D eigenvalue weighted by molar-refractivity contribution is 6.33. The molecule has 1 aromatic carbocycles. The lowest BCUT2D eigenvalue weighted by Gasteiger charge is -2.06. The molecule has 0 aliphatic carbocycles. The van der Waals surface area contributed by atoms with Crippen LogP contribution in [0.1, 0.15) is 5.69 Å². The summed E-state index contributed by atoms with van der Waals surface area (Å²) >= 11 is 5.96. The van der Waals surface area contributed by atoms with E-state index in [1.165, 1.54) is 6.33 Å². The third-order valence-electron chi connectivity index (χ3n) is 2.70. The largest absolute Gasteiger partial charge is 0.437 e. The van der Waals surface area contributed by atoms with Crippen molar-refractivity contribution in [1.29, 1.82) is 0 Å². The molecular weight excluding hydrogens is 264 g/mol. The van der Waals surface area contributed by atoms with Crippen LogP contribution in [0, 0.1) is 6.92 Å². The predicted octanol–water partition coefficient (Wildman–Crippen LogP) is 3.29. The summed E-state index contributed by atoms with van der Waals surface area (Å²) in [6, 6.07) is 7.02. The third-order valence-corrected chi connectivity index (χ3v) is 3.03. The Hall–Kier alpha value is -2.27. The second-order valence-electron chi connectivity index (χ2n) is 4.18. The number of fused-ring (bicyclic) bond motifs is 1. The molecular formula is C13H11ClN4O. The Morgan fingerprint density at radius 3 is 2.89 bits per heavy atom. The van der Waals surface area contributed by atoms with E-state index in [9.17, 15) is 0 Å². The van der Waals surface area contributed by atoms with Gasteiger partial charge in [0.25, 0.3) is 0 Å². The first-order chi connectivity index (χ1) is 9.13. The Morgan fingerprint density at radius 2 is 2.11 bits per heavy atom. The molecule has 0 radical (unpaired) electrons. The number of hydrogen-bond donors (Lipinski definition) is 2. The van der Waals surface area contributed by atoms with E-state index in [0.29, 0.717) is 22.3 Å². The van der Waals surface area contributed by atoms with Gasteiger partial charge in [0.05, 0.1) is 16.2 Å². The quantitative estimate of drug-likeness (QED) is 0.703. The van der Waals surface area contributed by atoms with Crippen molar-refractivity contribution in [3.63, 3.8) is 0 Å². The monoisotopic (exact) mass is 274 g/mol. The van der Waals surface area contributed by atoms with Crippen molar-refractivity contribution >= 4 is 28.3 Å². The number of aromatic nitrogens is 3. The normalized spacial score (nSPS) is 10.8. The number of hydrogen-bond acceptors (Lipinski definition) is 4. The van der Waals surface area contributed by atoms with Crippen molar-refractivity contribution in [2.24, 2.45) is 0 Å². The molecule has 3 rings (SSSR count). The molecule has 2 heterocycles. The Balaban J connectivity index is 2.02. The smallest absolute Gasteiger partial charge is 0.247 e. The van der Waals surface area contributed by atoms with Gasteiger partial charge in [-0.3, -0.25) is 0 Å². The molecule has 5 nitrogen and oxygen atoms in total. The van der Waals surface area contributed by atoms with E-state index in [1.54, 1.807) is 18.2 Å². The minimum atomic E-state index is 0.450. The van der Waals surface area contributed by atoms with Crippen LogP contribution in [0.25, 0.3) is 11.0 Å². The van der Waals surface area contributed by atoms with Gasteiger partial charge in [-0.2, -0.15) is 4.98 Å². The molecule has 0 spiro atoms. The average molecular weight is 275 g/mol. The molecule has 3 aromatic rings. The fraction of sp³-hybridized carbons (Fsp3) is 0.0769. The van der Waals surface area contributed by atoms with Gasteiger partial charge in [-0.1, -0.05) is 11.6 Å². The van der Waals surface area contributed by atoms with Crippen molar-refractivity contribution in [2.45, 2.75) is 6.92 Å². The average Bonchev–Trinajstić information content (AvgIpc) is 2.75. The number of anilines is 1. The first-order valence-electron chi connectivity index (χ1n) is 5.66. The zero-order valence-corrected chi connectivity index (χ0v) is 10.9. The van der Waals surface area contributed by atoms with Crippen molar-refractivity contribution in [1.82, 2.24) is 15.0 Å². The zero-order chi connectivity index (χ0) is 13.4. The van der Waals surface area contributed by atoms with Crippen LogP contribution in [0.2, 0.25) is 5.02 Å². The summed E-state index contributed by atoms with van der Waals surface area (Å²) in [6.45, 7) is 1.95. The number of rotatable bonds is 2. The Morgan fingerprint density at radius 1 is 1.26 bits per heavy atom. The van der Waals surface area contributed by atoms with Gasteiger partial charge in [0.1, 0.15) is 17.6 Å².